The molecule has 1 saturated heterocycles. The molecule has 2 aromatic carbocycles. The van der Waals surface area contributed by atoms with Gasteiger partial charge in [-0.25, -0.2) is 24.5 Å². The summed E-state index contributed by atoms with van der Waals surface area (Å²) in [4.78, 5) is 28.3. The molecule has 1 amide bonds. The largest absolute Gasteiger partial charge is 0.350 e. The summed E-state index contributed by atoms with van der Waals surface area (Å²) < 4.78 is 29.5. The Kier molecular flexibility index (Phi) is 7.38. The maximum absolute atomic E-state index is 12.3. The van der Waals surface area contributed by atoms with Gasteiger partial charge in [0.05, 0.1) is 23.9 Å². The third kappa shape index (κ3) is 5.59. The standard InChI is InChI=1S/C26H31N5O5S/c1-16(2)15-35-17(3)36-29-25(32)20-11-27-26(28-12-20)30-13-22-23(14-30)24(22)31(37(33)34)21-9-8-18-6-4-5-7-19(18)10-21/h4-12,16-17,22-24H,13-15H2,1-3H3,(H,29,32)(H,33,34). The molecule has 2 heterocycles. The number of piperidine rings is 1. The fourth-order valence-corrected chi connectivity index (χ4v) is 5.66. The van der Waals surface area contributed by atoms with Crippen LogP contribution in [0.1, 0.15) is 31.1 Å². The summed E-state index contributed by atoms with van der Waals surface area (Å²) >= 11 is -2.13. The van der Waals surface area contributed by atoms with Crippen LogP contribution in [-0.2, 0) is 20.8 Å². The molecule has 11 heteroatoms. The molecule has 0 bridgehead atoms. The van der Waals surface area contributed by atoms with Gasteiger partial charge >= 0.3 is 0 Å². The molecule has 1 aliphatic heterocycles. The van der Waals surface area contributed by atoms with E-state index >= 15 is 0 Å². The van der Waals surface area contributed by atoms with Crippen LogP contribution in [0.25, 0.3) is 10.8 Å². The van der Waals surface area contributed by atoms with Gasteiger partial charge in [-0.05, 0) is 35.7 Å². The van der Waals surface area contributed by atoms with Gasteiger partial charge in [-0.2, -0.15) is 0 Å². The second kappa shape index (κ2) is 10.7. The van der Waals surface area contributed by atoms with Crippen LogP contribution in [0.15, 0.2) is 54.9 Å². The van der Waals surface area contributed by atoms with Crippen molar-refractivity contribution in [2.75, 3.05) is 28.9 Å². The number of carbonyl (C=O) groups is 1. The molecule has 0 spiro atoms. The zero-order chi connectivity index (χ0) is 26.1. The Hall–Kier alpha value is -3.12. The lowest BCUT2D eigenvalue weighted by Gasteiger charge is -2.26. The van der Waals surface area contributed by atoms with Crippen molar-refractivity contribution in [1.82, 2.24) is 15.4 Å². The third-order valence-electron chi connectivity index (χ3n) is 6.74. The fraction of sp³-hybridized carbons (Fsp3) is 0.423. The monoisotopic (exact) mass is 525 g/mol. The van der Waals surface area contributed by atoms with Gasteiger partial charge in [-0.1, -0.05) is 44.2 Å². The predicted octanol–water partition coefficient (Wildman–Crippen LogP) is 3.39. The molecule has 1 aliphatic carbocycles. The maximum atomic E-state index is 12.3. The Bertz CT molecular complexity index is 1280. The van der Waals surface area contributed by atoms with E-state index in [0.29, 0.717) is 31.6 Å². The molecular weight excluding hydrogens is 494 g/mol. The topological polar surface area (TPSA) is 117 Å². The van der Waals surface area contributed by atoms with Crippen LogP contribution in [0.3, 0.4) is 0 Å². The van der Waals surface area contributed by atoms with E-state index in [-0.39, 0.29) is 23.4 Å². The third-order valence-corrected chi connectivity index (χ3v) is 7.53. The number of hydrogen-bond acceptors (Lipinski definition) is 7. The van der Waals surface area contributed by atoms with Crippen molar-refractivity contribution >= 4 is 39.6 Å². The molecule has 2 N–H and O–H groups in total. The highest BCUT2D eigenvalue weighted by molar-refractivity contribution is 7.80. The number of rotatable bonds is 10. The second-order valence-corrected chi connectivity index (χ2v) is 10.8. The highest BCUT2D eigenvalue weighted by Crippen LogP contribution is 2.51. The number of benzene rings is 2. The number of hydroxylamine groups is 1. The van der Waals surface area contributed by atoms with Crippen LogP contribution in [0.5, 0.6) is 0 Å². The highest BCUT2D eigenvalue weighted by atomic mass is 32.2. The Morgan fingerprint density at radius 1 is 1.14 bits per heavy atom. The first-order valence-corrected chi connectivity index (χ1v) is 13.4. The van der Waals surface area contributed by atoms with E-state index < -0.39 is 23.5 Å². The number of aromatic nitrogens is 2. The zero-order valence-electron chi connectivity index (χ0n) is 21.0. The number of nitrogens with zero attached hydrogens (tertiary/aromatic N) is 4. The first-order valence-electron chi connectivity index (χ1n) is 12.4. The van der Waals surface area contributed by atoms with Gasteiger partial charge in [-0.3, -0.25) is 13.7 Å². The lowest BCUT2D eigenvalue weighted by atomic mass is 10.1. The van der Waals surface area contributed by atoms with Crippen molar-refractivity contribution in [1.29, 1.82) is 0 Å². The first kappa shape index (κ1) is 25.5. The minimum absolute atomic E-state index is 0.0228. The summed E-state index contributed by atoms with van der Waals surface area (Å²) in [5.41, 5.74) is 3.38. The van der Waals surface area contributed by atoms with Crippen LogP contribution in [0.4, 0.5) is 11.6 Å². The van der Waals surface area contributed by atoms with Crippen LogP contribution < -0.4 is 14.7 Å². The van der Waals surface area contributed by atoms with Crippen LogP contribution in [-0.4, -0.2) is 56.7 Å². The van der Waals surface area contributed by atoms with Gasteiger partial charge in [0.25, 0.3) is 17.2 Å². The minimum atomic E-state index is -2.13. The molecule has 5 rings (SSSR count). The average Bonchev–Trinajstić information content (AvgIpc) is 3.34. The van der Waals surface area contributed by atoms with Gasteiger partial charge < -0.3 is 9.64 Å². The van der Waals surface area contributed by atoms with Crippen LogP contribution in [0.2, 0.25) is 0 Å². The Morgan fingerprint density at radius 2 is 1.81 bits per heavy atom. The maximum Gasteiger partial charge on any atom is 0.278 e. The van der Waals surface area contributed by atoms with Crippen molar-refractivity contribution in [3.05, 3.63) is 60.4 Å². The molecule has 4 atom stereocenters. The van der Waals surface area contributed by atoms with Gasteiger partial charge in [0, 0.05) is 37.3 Å². The molecule has 2 aliphatic rings. The predicted molar refractivity (Wildman–Crippen MR) is 141 cm³/mol. The molecule has 4 unspecified atom stereocenters. The van der Waals surface area contributed by atoms with Gasteiger partial charge in [0.1, 0.15) is 0 Å². The van der Waals surface area contributed by atoms with E-state index in [1.807, 2.05) is 61.2 Å². The van der Waals surface area contributed by atoms with E-state index in [4.69, 9.17) is 9.57 Å². The number of amides is 1. The zero-order valence-corrected chi connectivity index (χ0v) is 21.8. The normalized spacial score (nSPS) is 22.1. The number of nitrogens with one attached hydrogen (secondary N) is 1. The Balaban J connectivity index is 1.17. The average molecular weight is 526 g/mol. The SMILES string of the molecule is CC(C)COC(C)ONC(=O)c1cnc(N2CC3C(C2)C3N(c2ccc3ccccc3c2)S(=O)O)nc1. The van der Waals surface area contributed by atoms with Crippen molar-refractivity contribution in [2.45, 2.75) is 33.1 Å². The molecule has 2 fully saturated rings. The summed E-state index contributed by atoms with van der Waals surface area (Å²) in [6, 6.07) is 13.8. The van der Waals surface area contributed by atoms with Crippen molar-refractivity contribution in [2.24, 2.45) is 17.8 Å². The minimum Gasteiger partial charge on any atom is -0.350 e. The molecule has 3 aromatic rings. The lowest BCUT2D eigenvalue weighted by molar-refractivity contribution is -0.163. The quantitative estimate of drug-likeness (QED) is 0.235. The summed E-state index contributed by atoms with van der Waals surface area (Å²) in [5.74, 6) is 0.902. The van der Waals surface area contributed by atoms with Crippen LogP contribution >= 0.6 is 0 Å². The van der Waals surface area contributed by atoms with Gasteiger partial charge in [-0.15, -0.1) is 0 Å². The molecule has 1 aromatic heterocycles. The highest BCUT2D eigenvalue weighted by Gasteiger charge is 2.60. The van der Waals surface area contributed by atoms with E-state index in [2.05, 4.69) is 15.4 Å². The second-order valence-electron chi connectivity index (χ2n) is 9.93. The molecule has 37 heavy (non-hydrogen) atoms. The number of fused-ring (bicyclic) bond motifs is 2. The van der Waals surface area contributed by atoms with E-state index in [9.17, 15) is 13.6 Å². The van der Waals surface area contributed by atoms with Crippen molar-refractivity contribution < 1.29 is 23.1 Å². The van der Waals surface area contributed by atoms with E-state index in [1.54, 1.807) is 11.2 Å². The molecular formula is C26H31N5O5S. The summed E-state index contributed by atoms with van der Waals surface area (Å²) in [6.07, 6.45) is 2.36. The molecule has 196 valence electrons. The first-order chi connectivity index (χ1) is 17.8. The summed E-state index contributed by atoms with van der Waals surface area (Å²) in [5, 5.41) is 2.12. The Labute approximate surface area is 218 Å². The number of ether oxygens (including phenoxy) is 1. The summed E-state index contributed by atoms with van der Waals surface area (Å²) in [6.45, 7) is 7.65. The lowest BCUT2D eigenvalue weighted by Crippen LogP contribution is -2.36. The van der Waals surface area contributed by atoms with Gasteiger partial charge in [0.2, 0.25) is 5.95 Å². The van der Waals surface area contributed by atoms with E-state index in [1.165, 1.54) is 12.4 Å². The smallest absolute Gasteiger partial charge is 0.278 e. The molecule has 0 radical (unpaired) electrons. The Morgan fingerprint density at radius 3 is 2.46 bits per heavy atom. The fourth-order valence-electron chi connectivity index (χ4n) is 4.85. The molecule has 1 saturated carbocycles. The van der Waals surface area contributed by atoms with Crippen molar-refractivity contribution in [3.63, 3.8) is 0 Å². The van der Waals surface area contributed by atoms with E-state index in [0.717, 1.165) is 16.5 Å². The number of anilines is 2. The number of hydrogen-bond donors (Lipinski definition) is 2. The van der Waals surface area contributed by atoms with Crippen molar-refractivity contribution in [3.8, 4) is 0 Å². The van der Waals surface area contributed by atoms with Crippen LogP contribution in [0, 0.1) is 17.8 Å². The van der Waals surface area contributed by atoms with Gasteiger partial charge in [0.15, 0.2) is 6.29 Å². The summed E-state index contributed by atoms with van der Waals surface area (Å²) in [7, 11) is 0. The number of carbonyl (C=O) groups excluding carboxylic acids is 1. The molecule has 10 nitrogen and oxygen atoms in total.